The minimum Gasteiger partial charge on any atom is -0.452 e. The number of hydrogen-bond acceptors (Lipinski definition) is 6. The molecule has 8 heteroatoms. The molecule has 1 aromatic carbocycles. The number of methoxy groups -OCH3 is 1. The number of benzene rings is 1. The first kappa shape index (κ1) is 18.4. The van der Waals surface area contributed by atoms with Crippen LogP contribution in [0.2, 0.25) is 0 Å². The van der Waals surface area contributed by atoms with Crippen LogP contribution in [0.5, 0.6) is 0 Å². The number of nitrogens with one attached hydrogen (secondary N) is 1. The van der Waals surface area contributed by atoms with Crippen LogP contribution in [-0.4, -0.2) is 37.0 Å². The van der Waals surface area contributed by atoms with E-state index in [9.17, 15) is 14.4 Å². The van der Waals surface area contributed by atoms with Gasteiger partial charge >= 0.3 is 12.2 Å². The molecule has 3 amide bonds. The smallest absolute Gasteiger partial charge is 0.424 e. The van der Waals surface area contributed by atoms with Crippen molar-refractivity contribution in [3.63, 3.8) is 0 Å². The Balaban J connectivity index is 2.28. The van der Waals surface area contributed by atoms with Gasteiger partial charge in [-0.15, -0.1) is 0 Å². The van der Waals surface area contributed by atoms with E-state index in [2.05, 4.69) is 15.3 Å². The summed E-state index contributed by atoms with van der Waals surface area (Å²) in [6, 6.07) is 6.64. The molecule has 0 saturated heterocycles. The highest BCUT2D eigenvalue weighted by molar-refractivity contribution is 6.10. The van der Waals surface area contributed by atoms with E-state index in [0.29, 0.717) is 12.1 Å². The third-order valence-electron chi connectivity index (χ3n) is 3.56. The summed E-state index contributed by atoms with van der Waals surface area (Å²) in [4.78, 5) is 36.3. The van der Waals surface area contributed by atoms with Gasteiger partial charge in [0.1, 0.15) is 0 Å². The number of hydrazone groups is 1. The van der Waals surface area contributed by atoms with Gasteiger partial charge in [-0.05, 0) is 31.5 Å². The third kappa shape index (κ3) is 4.34. The maximum Gasteiger partial charge on any atom is 0.424 e. The summed E-state index contributed by atoms with van der Waals surface area (Å²) in [6.07, 6.45) is -1.67. The van der Waals surface area contributed by atoms with E-state index in [1.54, 1.807) is 38.1 Å². The van der Waals surface area contributed by atoms with Gasteiger partial charge < -0.3 is 9.47 Å². The normalized spacial score (nSPS) is 16.8. The molecule has 0 radical (unpaired) electrons. The number of carbonyl (C=O) groups excluding carboxylic acids is 3. The molecule has 1 N–H and O–H groups in total. The zero-order valence-corrected chi connectivity index (χ0v) is 14.6. The second-order valence-electron chi connectivity index (χ2n) is 5.92. The number of rotatable bonds is 3. The molecule has 2 rings (SSSR count). The van der Waals surface area contributed by atoms with Crippen LogP contribution in [0.25, 0.3) is 0 Å². The molecule has 0 fully saturated rings. The summed E-state index contributed by atoms with van der Waals surface area (Å²) in [5.41, 5.74) is 4.30. The summed E-state index contributed by atoms with van der Waals surface area (Å²) in [7, 11) is 1.19. The van der Waals surface area contributed by atoms with Crippen molar-refractivity contribution in [1.82, 2.24) is 5.43 Å². The van der Waals surface area contributed by atoms with E-state index in [-0.39, 0.29) is 17.9 Å². The molecule has 134 valence electrons. The first-order valence-corrected chi connectivity index (χ1v) is 7.89. The van der Waals surface area contributed by atoms with Gasteiger partial charge in [0.15, 0.2) is 0 Å². The van der Waals surface area contributed by atoms with Gasteiger partial charge in [-0.3, -0.25) is 4.79 Å². The fraction of sp³-hybridized carbons (Fsp3) is 0.412. The van der Waals surface area contributed by atoms with Gasteiger partial charge in [0.2, 0.25) is 5.91 Å². The molecule has 0 saturated carbocycles. The van der Waals surface area contributed by atoms with E-state index in [4.69, 9.17) is 4.74 Å². The van der Waals surface area contributed by atoms with Gasteiger partial charge in [-0.1, -0.05) is 19.1 Å². The van der Waals surface area contributed by atoms with Crippen molar-refractivity contribution < 1.29 is 23.9 Å². The Labute approximate surface area is 145 Å². The Morgan fingerprint density at radius 3 is 2.40 bits per heavy atom. The van der Waals surface area contributed by atoms with Crippen molar-refractivity contribution in [3.05, 3.63) is 29.8 Å². The molecule has 1 aromatic rings. The van der Waals surface area contributed by atoms with Crippen molar-refractivity contribution in [2.24, 2.45) is 11.0 Å². The van der Waals surface area contributed by atoms with Gasteiger partial charge in [-0.25, -0.2) is 15.0 Å². The molecule has 0 spiro atoms. The predicted molar refractivity (Wildman–Crippen MR) is 91.4 cm³/mol. The van der Waals surface area contributed by atoms with E-state index in [0.717, 1.165) is 16.2 Å². The van der Waals surface area contributed by atoms with Crippen molar-refractivity contribution in [2.75, 3.05) is 12.0 Å². The first-order valence-electron chi connectivity index (χ1n) is 7.89. The lowest BCUT2D eigenvalue weighted by Crippen LogP contribution is -2.38. The number of carbonyl (C=O) groups is 3. The molecule has 1 atom stereocenters. The minimum atomic E-state index is -0.839. The Kier molecular flexibility index (Phi) is 5.74. The fourth-order valence-corrected chi connectivity index (χ4v) is 2.41. The molecule has 0 aliphatic carbocycles. The topological polar surface area (TPSA) is 97.3 Å². The Morgan fingerprint density at radius 2 is 1.88 bits per heavy atom. The number of nitrogens with zero attached hydrogens (tertiary/aromatic N) is 2. The van der Waals surface area contributed by atoms with E-state index in [1.807, 2.05) is 6.92 Å². The molecule has 0 bridgehead atoms. The average molecular weight is 347 g/mol. The van der Waals surface area contributed by atoms with Crippen LogP contribution >= 0.6 is 0 Å². The highest BCUT2D eigenvalue weighted by Crippen LogP contribution is 2.22. The molecule has 1 aliphatic heterocycles. The van der Waals surface area contributed by atoms with Gasteiger partial charge in [-0.2, -0.15) is 10.0 Å². The van der Waals surface area contributed by atoms with Crippen LogP contribution in [0.3, 0.4) is 0 Å². The number of anilines is 1. The average Bonchev–Trinajstić information content (AvgIpc) is 2.55. The number of ether oxygens (including phenoxy) is 2. The largest absolute Gasteiger partial charge is 0.452 e. The number of amides is 3. The van der Waals surface area contributed by atoms with Crippen molar-refractivity contribution in [3.8, 4) is 0 Å². The maximum atomic E-state index is 12.2. The van der Waals surface area contributed by atoms with Crippen LogP contribution in [-0.2, 0) is 14.3 Å². The van der Waals surface area contributed by atoms with Gasteiger partial charge in [0, 0.05) is 12.3 Å². The third-order valence-corrected chi connectivity index (χ3v) is 3.56. The quantitative estimate of drug-likeness (QED) is 0.906. The predicted octanol–water partition coefficient (Wildman–Crippen LogP) is 2.66. The molecule has 8 nitrogen and oxygen atoms in total. The number of hydrogen-bond donors (Lipinski definition) is 1. The summed E-state index contributed by atoms with van der Waals surface area (Å²) >= 11 is 0. The van der Waals surface area contributed by atoms with E-state index in [1.165, 1.54) is 7.11 Å². The Hall–Kier alpha value is -2.90. The van der Waals surface area contributed by atoms with Gasteiger partial charge in [0.25, 0.3) is 0 Å². The standard InChI is InChI=1S/C17H21N3O5/c1-10(2)25-17(23)20(16(22)24-4)13-7-5-12(6-8-13)15-11(3)9-14(21)18-19-15/h5-8,10-11H,9H2,1-4H3,(H,18,21). The van der Waals surface area contributed by atoms with Crippen LogP contribution < -0.4 is 10.3 Å². The first-order chi connectivity index (χ1) is 11.8. The minimum absolute atomic E-state index is 0.0257. The molecule has 0 aromatic heterocycles. The summed E-state index contributed by atoms with van der Waals surface area (Å²) in [5, 5.41) is 4.08. The zero-order valence-electron chi connectivity index (χ0n) is 14.6. The summed E-state index contributed by atoms with van der Waals surface area (Å²) < 4.78 is 9.74. The molecular formula is C17H21N3O5. The highest BCUT2D eigenvalue weighted by Gasteiger charge is 2.27. The van der Waals surface area contributed by atoms with E-state index < -0.39 is 12.2 Å². The van der Waals surface area contributed by atoms with Crippen LogP contribution in [0.4, 0.5) is 15.3 Å². The molecule has 1 heterocycles. The fourth-order valence-electron chi connectivity index (χ4n) is 2.41. The molecule has 1 aliphatic rings. The lowest BCUT2D eigenvalue weighted by molar-refractivity contribution is -0.121. The maximum absolute atomic E-state index is 12.2. The summed E-state index contributed by atoms with van der Waals surface area (Å²) in [5.74, 6) is -0.150. The second-order valence-corrected chi connectivity index (χ2v) is 5.92. The highest BCUT2D eigenvalue weighted by atomic mass is 16.6. The molecule has 25 heavy (non-hydrogen) atoms. The van der Waals surface area contributed by atoms with E-state index >= 15 is 0 Å². The monoisotopic (exact) mass is 347 g/mol. The van der Waals surface area contributed by atoms with Crippen LogP contribution in [0, 0.1) is 5.92 Å². The lowest BCUT2D eigenvalue weighted by Gasteiger charge is -2.22. The zero-order chi connectivity index (χ0) is 18.6. The Morgan fingerprint density at radius 1 is 1.24 bits per heavy atom. The van der Waals surface area contributed by atoms with Gasteiger partial charge in [0.05, 0.1) is 24.6 Å². The SMILES string of the molecule is COC(=O)N(C(=O)OC(C)C)c1ccc(C2=NNC(=O)CC2C)cc1. The lowest BCUT2D eigenvalue weighted by atomic mass is 9.94. The summed E-state index contributed by atoms with van der Waals surface area (Å²) in [6.45, 7) is 5.28. The van der Waals surface area contributed by atoms with Crippen molar-refractivity contribution in [2.45, 2.75) is 33.3 Å². The van der Waals surface area contributed by atoms with Crippen molar-refractivity contribution in [1.29, 1.82) is 0 Å². The molecular weight excluding hydrogens is 326 g/mol. The van der Waals surface area contributed by atoms with Crippen molar-refractivity contribution >= 4 is 29.5 Å². The number of imide groups is 1. The molecule has 1 unspecified atom stereocenters. The van der Waals surface area contributed by atoms with Crippen LogP contribution in [0.15, 0.2) is 29.4 Å². The second kappa shape index (κ2) is 7.78. The van der Waals surface area contributed by atoms with Crippen LogP contribution in [0.1, 0.15) is 32.8 Å². The Bertz CT molecular complexity index is 697.